The van der Waals surface area contributed by atoms with E-state index < -0.39 is 12.1 Å². The van der Waals surface area contributed by atoms with Gasteiger partial charge >= 0.3 is 12.1 Å². The summed E-state index contributed by atoms with van der Waals surface area (Å²) in [5.74, 6) is 0.687. The van der Waals surface area contributed by atoms with E-state index in [2.05, 4.69) is 20.6 Å². The van der Waals surface area contributed by atoms with Gasteiger partial charge in [0.05, 0.1) is 19.0 Å². The summed E-state index contributed by atoms with van der Waals surface area (Å²) in [6, 6.07) is 8.55. The Hall–Kier alpha value is -3.38. The molecule has 2 N–H and O–H groups in total. The zero-order chi connectivity index (χ0) is 22.8. The summed E-state index contributed by atoms with van der Waals surface area (Å²) in [5, 5.41) is 13.9. The molecular formula is C22H25ClN6O3. The molecule has 0 unspecified atom stereocenters. The summed E-state index contributed by atoms with van der Waals surface area (Å²) in [7, 11) is 0. The van der Waals surface area contributed by atoms with Crippen molar-refractivity contribution in [2.24, 2.45) is 5.92 Å². The van der Waals surface area contributed by atoms with Crippen molar-refractivity contribution in [3.05, 3.63) is 47.9 Å². The van der Waals surface area contributed by atoms with E-state index in [9.17, 15) is 9.59 Å². The van der Waals surface area contributed by atoms with E-state index in [-0.39, 0.29) is 18.1 Å². The number of hydrogen-bond acceptors (Lipinski definition) is 6. The van der Waals surface area contributed by atoms with Crippen molar-refractivity contribution in [1.82, 2.24) is 14.4 Å². The third-order valence-electron chi connectivity index (χ3n) is 5.18. The van der Waals surface area contributed by atoms with E-state index in [1.807, 2.05) is 18.2 Å². The van der Waals surface area contributed by atoms with Crippen LogP contribution in [0.15, 0.2) is 36.7 Å². The van der Waals surface area contributed by atoms with Crippen molar-refractivity contribution in [1.29, 1.82) is 5.26 Å². The standard InChI is InChI=1S/C22H25ClN6O3/c23-29(15-17-4-2-1-3-5-17)22(31)32-11-10-16-6-8-18(9-7-16)27-21(30)28-20-14-25-19(12-24)13-26-20/h6-9,13-14,17H,1-5,10-11,15H2,(H2,26,27,28,30). The molecule has 1 aliphatic carbocycles. The van der Waals surface area contributed by atoms with Gasteiger partial charge < -0.3 is 10.1 Å². The molecule has 0 spiro atoms. The highest BCUT2D eigenvalue weighted by atomic mass is 35.5. The van der Waals surface area contributed by atoms with Crippen molar-refractivity contribution in [3.8, 4) is 6.07 Å². The van der Waals surface area contributed by atoms with E-state index >= 15 is 0 Å². The second kappa shape index (κ2) is 11.9. The minimum absolute atomic E-state index is 0.167. The Kier molecular flexibility index (Phi) is 8.63. The number of nitrogens with zero attached hydrogens (tertiary/aromatic N) is 4. The summed E-state index contributed by atoms with van der Waals surface area (Å²) >= 11 is 6.08. The van der Waals surface area contributed by atoms with Gasteiger partial charge in [0.25, 0.3) is 0 Å². The number of nitriles is 1. The van der Waals surface area contributed by atoms with Crippen molar-refractivity contribution < 1.29 is 14.3 Å². The SMILES string of the molecule is N#Cc1cnc(NC(=O)Nc2ccc(CCOC(=O)N(Cl)CC3CCCCC3)cc2)cn1. The third-order valence-corrected chi connectivity index (χ3v) is 5.45. The number of rotatable bonds is 7. The van der Waals surface area contributed by atoms with Crippen LogP contribution < -0.4 is 10.6 Å². The lowest BCUT2D eigenvalue weighted by molar-refractivity contribution is 0.121. The monoisotopic (exact) mass is 456 g/mol. The average molecular weight is 457 g/mol. The molecule has 32 heavy (non-hydrogen) atoms. The number of aromatic nitrogens is 2. The molecule has 3 rings (SSSR count). The fourth-order valence-corrected chi connectivity index (χ4v) is 3.72. The Bertz CT molecular complexity index is 940. The fraction of sp³-hybridized carbons (Fsp3) is 0.409. The molecule has 168 valence electrons. The van der Waals surface area contributed by atoms with Crippen molar-refractivity contribution in [3.63, 3.8) is 0 Å². The van der Waals surface area contributed by atoms with E-state index in [0.29, 0.717) is 24.6 Å². The number of carbonyl (C=O) groups is 2. The van der Waals surface area contributed by atoms with Gasteiger partial charge in [-0.3, -0.25) is 5.32 Å². The molecule has 1 aromatic heterocycles. The first kappa shape index (κ1) is 23.3. The normalized spacial score (nSPS) is 13.6. The second-order valence-electron chi connectivity index (χ2n) is 7.59. The van der Waals surface area contributed by atoms with Gasteiger partial charge in [0.1, 0.15) is 6.07 Å². The molecule has 0 radical (unpaired) electrons. The molecule has 1 aliphatic rings. The number of amides is 3. The summed E-state index contributed by atoms with van der Waals surface area (Å²) in [6.07, 6.45) is 8.46. The summed E-state index contributed by atoms with van der Waals surface area (Å²) in [5.41, 5.74) is 1.71. The van der Waals surface area contributed by atoms with Crippen molar-refractivity contribution in [2.45, 2.75) is 38.5 Å². The van der Waals surface area contributed by atoms with E-state index in [1.54, 1.807) is 12.1 Å². The molecule has 9 nitrogen and oxygen atoms in total. The molecule has 0 aliphatic heterocycles. The van der Waals surface area contributed by atoms with Crippen LogP contribution in [0.3, 0.4) is 0 Å². The van der Waals surface area contributed by atoms with Crippen LogP contribution >= 0.6 is 11.8 Å². The lowest BCUT2D eigenvalue weighted by atomic mass is 9.89. The number of hydrogen-bond donors (Lipinski definition) is 2. The van der Waals surface area contributed by atoms with Crippen LogP contribution in [0.4, 0.5) is 21.1 Å². The maximum Gasteiger partial charge on any atom is 0.424 e. The topological polar surface area (TPSA) is 120 Å². The summed E-state index contributed by atoms with van der Waals surface area (Å²) < 4.78 is 6.42. The number of benzene rings is 1. The minimum Gasteiger partial charge on any atom is -0.448 e. The number of anilines is 2. The second-order valence-corrected chi connectivity index (χ2v) is 8.00. The lowest BCUT2D eigenvalue weighted by Crippen LogP contribution is -2.29. The highest BCUT2D eigenvalue weighted by Gasteiger charge is 2.20. The Morgan fingerprint density at radius 2 is 1.88 bits per heavy atom. The Morgan fingerprint density at radius 1 is 1.12 bits per heavy atom. The summed E-state index contributed by atoms with van der Waals surface area (Å²) in [4.78, 5) is 31.9. The van der Waals surface area contributed by atoms with Crippen LogP contribution in [0.25, 0.3) is 0 Å². The highest BCUT2D eigenvalue weighted by Crippen LogP contribution is 2.25. The predicted octanol–water partition coefficient (Wildman–Crippen LogP) is 4.71. The number of ether oxygens (including phenoxy) is 1. The first-order valence-corrected chi connectivity index (χ1v) is 10.9. The quantitative estimate of drug-likeness (QED) is 0.582. The molecule has 2 aromatic rings. The van der Waals surface area contributed by atoms with Gasteiger partial charge in [0.15, 0.2) is 11.5 Å². The number of carbonyl (C=O) groups excluding carboxylic acids is 2. The van der Waals surface area contributed by atoms with Crippen LogP contribution in [-0.4, -0.2) is 39.7 Å². The fourth-order valence-electron chi connectivity index (χ4n) is 3.48. The van der Waals surface area contributed by atoms with Crippen LogP contribution in [0.2, 0.25) is 0 Å². The van der Waals surface area contributed by atoms with Gasteiger partial charge in [0.2, 0.25) is 0 Å². The molecular weight excluding hydrogens is 432 g/mol. The first-order chi connectivity index (χ1) is 15.5. The van der Waals surface area contributed by atoms with Crippen LogP contribution in [-0.2, 0) is 11.2 Å². The predicted molar refractivity (Wildman–Crippen MR) is 120 cm³/mol. The van der Waals surface area contributed by atoms with Gasteiger partial charge in [-0.15, -0.1) is 0 Å². The zero-order valence-electron chi connectivity index (χ0n) is 17.6. The average Bonchev–Trinajstić information content (AvgIpc) is 2.81. The molecule has 1 saturated carbocycles. The number of urea groups is 1. The van der Waals surface area contributed by atoms with Crippen LogP contribution in [0.1, 0.15) is 43.4 Å². The van der Waals surface area contributed by atoms with Gasteiger partial charge in [-0.2, -0.15) is 5.26 Å². The Morgan fingerprint density at radius 3 is 2.53 bits per heavy atom. The summed E-state index contributed by atoms with van der Waals surface area (Å²) in [6.45, 7) is 0.744. The molecule has 0 bridgehead atoms. The molecule has 1 aromatic carbocycles. The van der Waals surface area contributed by atoms with Crippen LogP contribution in [0.5, 0.6) is 0 Å². The van der Waals surface area contributed by atoms with E-state index in [1.165, 1.54) is 31.7 Å². The van der Waals surface area contributed by atoms with Gasteiger partial charge in [-0.05, 0) is 36.5 Å². The maximum absolute atomic E-state index is 12.1. The molecule has 3 amide bonds. The largest absolute Gasteiger partial charge is 0.448 e. The van der Waals surface area contributed by atoms with Gasteiger partial charge in [-0.1, -0.05) is 31.4 Å². The van der Waals surface area contributed by atoms with Crippen molar-refractivity contribution >= 4 is 35.4 Å². The first-order valence-electron chi connectivity index (χ1n) is 10.5. The minimum atomic E-state index is -0.516. The molecule has 1 fully saturated rings. The third kappa shape index (κ3) is 7.39. The molecule has 1 heterocycles. The van der Waals surface area contributed by atoms with Gasteiger partial charge in [0, 0.05) is 30.4 Å². The highest BCUT2D eigenvalue weighted by molar-refractivity contribution is 6.20. The molecule has 0 saturated heterocycles. The Labute approximate surface area is 191 Å². The zero-order valence-corrected chi connectivity index (χ0v) is 18.3. The van der Waals surface area contributed by atoms with Crippen molar-refractivity contribution in [2.75, 3.05) is 23.8 Å². The Balaban J connectivity index is 1.37. The van der Waals surface area contributed by atoms with Crippen LogP contribution in [0, 0.1) is 17.2 Å². The van der Waals surface area contributed by atoms with E-state index in [4.69, 9.17) is 21.8 Å². The smallest absolute Gasteiger partial charge is 0.424 e. The number of halogens is 1. The van der Waals surface area contributed by atoms with Gasteiger partial charge in [-0.25, -0.2) is 24.0 Å². The maximum atomic E-state index is 12.1. The molecule has 0 atom stereocenters. The molecule has 10 heteroatoms. The van der Waals surface area contributed by atoms with E-state index in [0.717, 1.165) is 22.8 Å². The lowest BCUT2D eigenvalue weighted by Gasteiger charge is -2.24. The number of nitrogens with one attached hydrogen (secondary N) is 2.